The van der Waals surface area contributed by atoms with Crippen LogP contribution in [-0.2, 0) is 6.54 Å². The van der Waals surface area contributed by atoms with Gasteiger partial charge in [0.25, 0.3) is 0 Å². The lowest BCUT2D eigenvalue weighted by Crippen LogP contribution is -2.03. The van der Waals surface area contributed by atoms with Gasteiger partial charge in [0.05, 0.1) is 18.5 Å². The molecule has 0 unspecified atom stereocenters. The third-order valence-corrected chi connectivity index (χ3v) is 2.98. The van der Waals surface area contributed by atoms with E-state index in [9.17, 15) is 5.11 Å². The van der Waals surface area contributed by atoms with Crippen molar-refractivity contribution in [2.75, 3.05) is 12.4 Å². The van der Waals surface area contributed by atoms with Gasteiger partial charge < -0.3 is 15.2 Å². The molecule has 0 aliphatic heterocycles. The van der Waals surface area contributed by atoms with Gasteiger partial charge >= 0.3 is 0 Å². The van der Waals surface area contributed by atoms with Gasteiger partial charge in [-0.05, 0) is 44.2 Å². The first kappa shape index (κ1) is 13.2. The molecule has 0 bridgehead atoms. The van der Waals surface area contributed by atoms with Crippen LogP contribution >= 0.6 is 0 Å². The van der Waals surface area contributed by atoms with Gasteiger partial charge in [-0.2, -0.15) is 0 Å². The molecule has 0 fully saturated rings. The summed E-state index contributed by atoms with van der Waals surface area (Å²) < 4.78 is 5.15. The number of nitrogens with one attached hydrogen (secondary N) is 1. The highest BCUT2D eigenvalue weighted by atomic mass is 16.5. The smallest absolute Gasteiger partial charge is 0.120 e. The number of pyridine rings is 1. The van der Waals surface area contributed by atoms with Crippen LogP contribution in [0.4, 0.5) is 5.69 Å². The van der Waals surface area contributed by atoms with Crippen molar-refractivity contribution in [3.05, 3.63) is 47.3 Å². The third kappa shape index (κ3) is 3.16. The number of aryl methyl sites for hydroxylation is 2. The standard InChI is InChI=1S/C15H18N2O2/c1-10-4-6-14(11(2)17-10)16-9-12-8-13(19-3)5-7-15(12)18/h4-8,16,18H,9H2,1-3H3. The maximum absolute atomic E-state index is 9.81. The van der Waals surface area contributed by atoms with Crippen LogP contribution in [0.25, 0.3) is 0 Å². The maximum atomic E-state index is 9.81. The molecule has 0 spiro atoms. The van der Waals surface area contributed by atoms with Gasteiger partial charge in [-0.15, -0.1) is 0 Å². The topological polar surface area (TPSA) is 54.4 Å². The van der Waals surface area contributed by atoms with Gasteiger partial charge in [0.2, 0.25) is 0 Å². The van der Waals surface area contributed by atoms with Crippen LogP contribution in [0.5, 0.6) is 11.5 Å². The molecular formula is C15H18N2O2. The molecule has 4 nitrogen and oxygen atoms in total. The summed E-state index contributed by atoms with van der Waals surface area (Å²) in [5.41, 5.74) is 3.70. The van der Waals surface area contributed by atoms with E-state index in [0.29, 0.717) is 6.54 Å². The lowest BCUT2D eigenvalue weighted by Gasteiger charge is -2.11. The van der Waals surface area contributed by atoms with Crippen LogP contribution < -0.4 is 10.1 Å². The van der Waals surface area contributed by atoms with Crippen LogP contribution in [0, 0.1) is 13.8 Å². The predicted octanol–water partition coefficient (Wildman–Crippen LogP) is 3.02. The Hall–Kier alpha value is -2.23. The van der Waals surface area contributed by atoms with E-state index in [-0.39, 0.29) is 5.75 Å². The molecule has 0 saturated heterocycles. The van der Waals surface area contributed by atoms with Gasteiger partial charge in [0.15, 0.2) is 0 Å². The molecule has 100 valence electrons. The van der Waals surface area contributed by atoms with E-state index >= 15 is 0 Å². The Bertz CT molecular complexity index is 582. The van der Waals surface area contributed by atoms with Crippen molar-refractivity contribution in [2.45, 2.75) is 20.4 Å². The Kier molecular flexibility index (Phi) is 3.90. The number of ether oxygens (including phenoxy) is 1. The highest BCUT2D eigenvalue weighted by molar-refractivity contribution is 5.49. The lowest BCUT2D eigenvalue weighted by molar-refractivity contribution is 0.411. The summed E-state index contributed by atoms with van der Waals surface area (Å²) >= 11 is 0. The highest BCUT2D eigenvalue weighted by Crippen LogP contribution is 2.24. The second kappa shape index (κ2) is 5.61. The number of benzene rings is 1. The fourth-order valence-corrected chi connectivity index (χ4v) is 1.89. The number of hydrogen-bond donors (Lipinski definition) is 2. The van der Waals surface area contributed by atoms with Crippen LogP contribution in [-0.4, -0.2) is 17.2 Å². The molecule has 2 aromatic rings. The number of rotatable bonds is 4. The first-order chi connectivity index (χ1) is 9.10. The molecule has 2 N–H and O–H groups in total. The molecule has 0 aliphatic carbocycles. The van der Waals surface area contributed by atoms with Gasteiger partial charge in [-0.3, -0.25) is 4.98 Å². The fourth-order valence-electron chi connectivity index (χ4n) is 1.89. The number of aromatic hydroxyl groups is 1. The second-order valence-electron chi connectivity index (χ2n) is 4.43. The number of hydrogen-bond acceptors (Lipinski definition) is 4. The van der Waals surface area contributed by atoms with Crippen LogP contribution in [0.2, 0.25) is 0 Å². The van der Waals surface area contributed by atoms with E-state index in [4.69, 9.17) is 4.74 Å². The Morgan fingerprint density at radius 3 is 2.68 bits per heavy atom. The molecule has 1 aromatic heterocycles. The monoisotopic (exact) mass is 258 g/mol. The predicted molar refractivity (Wildman–Crippen MR) is 75.7 cm³/mol. The summed E-state index contributed by atoms with van der Waals surface area (Å²) in [6.07, 6.45) is 0. The maximum Gasteiger partial charge on any atom is 0.120 e. The molecule has 19 heavy (non-hydrogen) atoms. The summed E-state index contributed by atoms with van der Waals surface area (Å²) in [6.45, 7) is 4.44. The average molecular weight is 258 g/mol. The van der Waals surface area contributed by atoms with Gasteiger partial charge in [-0.1, -0.05) is 0 Å². The van der Waals surface area contributed by atoms with Crippen molar-refractivity contribution < 1.29 is 9.84 Å². The number of phenols is 1. The SMILES string of the molecule is COc1ccc(O)c(CNc2ccc(C)nc2C)c1. The summed E-state index contributed by atoms with van der Waals surface area (Å²) in [7, 11) is 1.61. The van der Waals surface area contributed by atoms with Crippen molar-refractivity contribution in [2.24, 2.45) is 0 Å². The fraction of sp³-hybridized carbons (Fsp3) is 0.267. The number of phenolic OH excluding ortho intramolecular Hbond substituents is 1. The molecule has 1 aromatic carbocycles. The van der Waals surface area contributed by atoms with E-state index in [1.165, 1.54) is 0 Å². The minimum Gasteiger partial charge on any atom is -0.508 e. The largest absolute Gasteiger partial charge is 0.508 e. The van der Waals surface area contributed by atoms with Crippen LogP contribution in [0.15, 0.2) is 30.3 Å². The number of methoxy groups -OCH3 is 1. The summed E-state index contributed by atoms with van der Waals surface area (Å²) in [5.74, 6) is 0.986. The zero-order valence-corrected chi connectivity index (χ0v) is 11.4. The summed E-state index contributed by atoms with van der Waals surface area (Å²) in [6, 6.07) is 9.14. The highest BCUT2D eigenvalue weighted by Gasteiger charge is 2.05. The molecule has 0 atom stereocenters. The Balaban J connectivity index is 2.14. The van der Waals surface area contributed by atoms with Gasteiger partial charge in [0.1, 0.15) is 11.5 Å². The zero-order chi connectivity index (χ0) is 13.8. The molecule has 1 heterocycles. The normalized spacial score (nSPS) is 10.3. The zero-order valence-electron chi connectivity index (χ0n) is 11.4. The van der Waals surface area contributed by atoms with Gasteiger partial charge in [-0.25, -0.2) is 0 Å². The van der Waals surface area contributed by atoms with E-state index in [0.717, 1.165) is 28.4 Å². The van der Waals surface area contributed by atoms with E-state index in [1.807, 2.05) is 32.0 Å². The van der Waals surface area contributed by atoms with Crippen molar-refractivity contribution in [3.8, 4) is 11.5 Å². The summed E-state index contributed by atoms with van der Waals surface area (Å²) in [5, 5.41) is 13.1. The third-order valence-electron chi connectivity index (χ3n) is 2.98. The van der Waals surface area contributed by atoms with Crippen LogP contribution in [0.1, 0.15) is 17.0 Å². The Morgan fingerprint density at radius 2 is 2.00 bits per heavy atom. The van der Waals surface area contributed by atoms with Crippen molar-refractivity contribution >= 4 is 5.69 Å². The Morgan fingerprint density at radius 1 is 1.21 bits per heavy atom. The van der Waals surface area contributed by atoms with E-state index < -0.39 is 0 Å². The number of aromatic nitrogens is 1. The van der Waals surface area contributed by atoms with Gasteiger partial charge in [0, 0.05) is 17.8 Å². The quantitative estimate of drug-likeness (QED) is 0.885. The Labute approximate surface area is 113 Å². The van der Waals surface area contributed by atoms with E-state index in [1.54, 1.807) is 19.2 Å². The van der Waals surface area contributed by atoms with Crippen molar-refractivity contribution in [1.29, 1.82) is 0 Å². The van der Waals surface area contributed by atoms with Crippen molar-refractivity contribution in [3.63, 3.8) is 0 Å². The molecule has 2 rings (SSSR count). The van der Waals surface area contributed by atoms with E-state index in [2.05, 4.69) is 10.3 Å². The average Bonchev–Trinajstić information content (AvgIpc) is 2.39. The minimum atomic E-state index is 0.256. The minimum absolute atomic E-state index is 0.256. The lowest BCUT2D eigenvalue weighted by atomic mass is 10.2. The summed E-state index contributed by atoms with van der Waals surface area (Å²) in [4.78, 5) is 4.39. The molecule has 0 radical (unpaired) electrons. The number of nitrogens with zero attached hydrogens (tertiary/aromatic N) is 1. The second-order valence-corrected chi connectivity index (χ2v) is 4.43. The molecule has 0 amide bonds. The molecule has 4 heteroatoms. The number of anilines is 1. The first-order valence-electron chi connectivity index (χ1n) is 6.14. The molecule has 0 aliphatic rings. The first-order valence-corrected chi connectivity index (χ1v) is 6.14. The van der Waals surface area contributed by atoms with Crippen molar-refractivity contribution in [1.82, 2.24) is 4.98 Å². The molecule has 0 saturated carbocycles. The molecular weight excluding hydrogens is 240 g/mol. The van der Waals surface area contributed by atoms with Crippen LogP contribution in [0.3, 0.4) is 0 Å².